The van der Waals surface area contributed by atoms with Crippen molar-refractivity contribution in [2.45, 2.75) is 38.6 Å². The number of amides is 1. The summed E-state index contributed by atoms with van der Waals surface area (Å²) in [7, 11) is 0. The highest BCUT2D eigenvalue weighted by Gasteiger charge is 2.20. The molecule has 0 aliphatic rings. The number of carbonyl (C=O) groups is 2. The number of aliphatic carboxylic acids is 1. The summed E-state index contributed by atoms with van der Waals surface area (Å²) in [5.74, 6) is -1.49. The van der Waals surface area contributed by atoms with Crippen molar-refractivity contribution in [1.82, 2.24) is 10.3 Å². The molecule has 0 fully saturated rings. The minimum Gasteiger partial charge on any atom is -0.480 e. The number of hydrogen-bond donors (Lipinski definition) is 3. The lowest BCUT2D eigenvalue weighted by Crippen LogP contribution is -2.41. The molecule has 2 rings (SSSR count). The molecule has 8 heteroatoms. The highest BCUT2D eigenvalue weighted by molar-refractivity contribution is 5.91. The van der Waals surface area contributed by atoms with E-state index in [-0.39, 0.29) is 12.1 Å². The molecule has 1 amide bonds. The lowest BCUT2D eigenvalue weighted by Gasteiger charge is -2.13. The molecule has 3 N–H and O–H groups in total. The van der Waals surface area contributed by atoms with Crippen molar-refractivity contribution in [1.29, 1.82) is 0 Å². The van der Waals surface area contributed by atoms with Crippen LogP contribution in [-0.2, 0) is 16.0 Å². The third kappa shape index (κ3) is 4.09. The van der Waals surface area contributed by atoms with E-state index in [9.17, 15) is 19.7 Å². The number of nitro groups is 1. The Morgan fingerprint density at radius 2 is 2.17 bits per heavy atom. The zero-order valence-electron chi connectivity index (χ0n) is 13.2. The predicted molar refractivity (Wildman–Crippen MR) is 87.7 cm³/mol. The Kier molecular flexibility index (Phi) is 5.51. The fourth-order valence-electron chi connectivity index (χ4n) is 2.51. The summed E-state index contributed by atoms with van der Waals surface area (Å²) >= 11 is 0. The summed E-state index contributed by atoms with van der Waals surface area (Å²) in [5.41, 5.74) is 1.21. The molecule has 8 nitrogen and oxygen atoms in total. The minimum absolute atomic E-state index is 0.0446. The van der Waals surface area contributed by atoms with Crippen molar-refractivity contribution in [3.05, 3.63) is 40.1 Å². The fourth-order valence-corrected chi connectivity index (χ4v) is 2.51. The van der Waals surface area contributed by atoms with Gasteiger partial charge in [0.1, 0.15) is 6.04 Å². The zero-order chi connectivity index (χ0) is 17.7. The molecule has 1 atom stereocenters. The van der Waals surface area contributed by atoms with Gasteiger partial charge in [0.15, 0.2) is 0 Å². The van der Waals surface area contributed by atoms with Crippen molar-refractivity contribution in [3.63, 3.8) is 0 Å². The molecule has 24 heavy (non-hydrogen) atoms. The zero-order valence-corrected chi connectivity index (χ0v) is 13.2. The first-order valence-corrected chi connectivity index (χ1v) is 7.69. The average Bonchev–Trinajstić information content (AvgIpc) is 2.93. The second kappa shape index (κ2) is 7.58. The van der Waals surface area contributed by atoms with E-state index in [0.29, 0.717) is 29.3 Å². The number of hydrogen-bond acceptors (Lipinski definition) is 4. The maximum Gasteiger partial charge on any atom is 0.326 e. The second-order valence-electron chi connectivity index (χ2n) is 5.58. The van der Waals surface area contributed by atoms with Gasteiger partial charge in [-0.25, -0.2) is 4.79 Å². The third-order valence-corrected chi connectivity index (χ3v) is 3.79. The monoisotopic (exact) mass is 333 g/mol. The number of carboxylic acids is 1. The van der Waals surface area contributed by atoms with E-state index in [1.54, 1.807) is 12.3 Å². The van der Waals surface area contributed by atoms with Crippen molar-refractivity contribution in [2.75, 3.05) is 0 Å². The first kappa shape index (κ1) is 17.5. The highest BCUT2D eigenvalue weighted by Crippen LogP contribution is 2.24. The van der Waals surface area contributed by atoms with Crippen LogP contribution in [0.5, 0.6) is 0 Å². The van der Waals surface area contributed by atoms with E-state index in [4.69, 9.17) is 5.11 Å². The molecule has 0 saturated heterocycles. The molecule has 0 saturated carbocycles. The number of nitrogens with zero attached hydrogens (tertiary/aromatic N) is 1. The van der Waals surface area contributed by atoms with Gasteiger partial charge in [-0.05, 0) is 18.1 Å². The smallest absolute Gasteiger partial charge is 0.326 e. The SMILES string of the molecule is CCCCC(NC(=O)Cc1c[nH]c2ccc([N+](=O)[O-])cc12)C(=O)O. The molecule has 128 valence electrons. The first-order valence-electron chi connectivity index (χ1n) is 7.69. The Balaban J connectivity index is 2.13. The largest absolute Gasteiger partial charge is 0.480 e. The number of H-pyrrole nitrogens is 1. The molecular weight excluding hydrogens is 314 g/mol. The van der Waals surface area contributed by atoms with Gasteiger partial charge in [-0.15, -0.1) is 0 Å². The van der Waals surface area contributed by atoms with Crippen LogP contribution in [0.2, 0.25) is 0 Å². The van der Waals surface area contributed by atoms with Gasteiger partial charge in [0.05, 0.1) is 11.3 Å². The van der Waals surface area contributed by atoms with Gasteiger partial charge < -0.3 is 15.4 Å². The number of unbranched alkanes of at least 4 members (excludes halogenated alkanes) is 1. The summed E-state index contributed by atoms with van der Waals surface area (Å²) < 4.78 is 0. The lowest BCUT2D eigenvalue weighted by molar-refractivity contribution is -0.384. The van der Waals surface area contributed by atoms with Crippen LogP contribution in [0.1, 0.15) is 31.7 Å². The number of aromatic nitrogens is 1. The number of carbonyl (C=O) groups excluding carboxylic acids is 1. The van der Waals surface area contributed by atoms with E-state index in [1.807, 2.05) is 6.92 Å². The second-order valence-corrected chi connectivity index (χ2v) is 5.58. The Labute approximate surface area is 138 Å². The van der Waals surface area contributed by atoms with Gasteiger partial charge in [0.2, 0.25) is 5.91 Å². The van der Waals surface area contributed by atoms with Gasteiger partial charge in [0, 0.05) is 29.2 Å². The fraction of sp³-hybridized carbons (Fsp3) is 0.375. The van der Waals surface area contributed by atoms with E-state index in [1.165, 1.54) is 12.1 Å². The molecular formula is C16H19N3O5. The van der Waals surface area contributed by atoms with Crippen LogP contribution >= 0.6 is 0 Å². The molecule has 0 spiro atoms. The van der Waals surface area contributed by atoms with Crippen LogP contribution in [0.15, 0.2) is 24.4 Å². The van der Waals surface area contributed by atoms with Gasteiger partial charge in [0.25, 0.3) is 5.69 Å². The van der Waals surface area contributed by atoms with Crippen LogP contribution in [0.4, 0.5) is 5.69 Å². The van der Waals surface area contributed by atoms with Crippen molar-refractivity contribution < 1.29 is 19.6 Å². The highest BCUT2D eigenvalue weighted by atomic mass is 16.6. The van der Waals surface area contributed by atoms with E-state index in [2.05, 4.69) is 10.3 Å². The first-order chi connectivity index (χ1) is 11.4. The van der Waals surface area contributed by atoms with Crippen LogP contribution < -0.4 is 5.32 Å². The molecule has 0 aliphatic carbocycles. The molecule has 0 radical (unpaired) electrons. The van der Waals surface area contributed by atoms with Crippen LogP contribution in [0, 0.1) is 10.1 Å². The topological polar surface area (TPSA) is 125 Å². The average molecular weight is 333 g/mol. The van der Waals surface area contributed by atoms with Gasteiger partial charge in [-0.1, -0.05) is 19.8 Å². The van der Waals surface area contributed by atoms with E-state index < -0.39 is 22.8 Å². The minimum atomic E-state index is -1.06. The molecule has 0 aliphatic heterocycles. The Hall–Kier alpha value is -2.90. The standard InChI is InChI=1S/C16H19N3O5/c1-2-3-4-14(16(21)22)18-15(20)7-10-9-17-13-6-5-11(19(23)24)8-12(10)13/h5-6,8-9,14,17H,2-4,7H2,1H3,(H,18,20)(H,21,22). The van der Waals surface area contributed by atoms with Crippen molar-refractivity contribution >= 4 is 28.5 Å². The summed E-state index contributed by atoms with van der Waals surface area (Å²) in [5, 5.41) is 23.1. The number of non-ortho nitro benzene ring substituents is 1. The number of rotatable bonds is 8. The molecule has 1 heterocycles. The van der Waals surface area contributed by atoms with Crippen LogP contribution in [0.25, 0.3) is 10.9 Å². The quantitative estimate of drug-likeness (QED) is 0.505. The molecule has 1 aromatic carbocycles. The molecule has 2 aromatic rings. The van der Waals surface area contributed by atoms with Crippen LogP contribution in [0.3, 0.4) is 0 Å². The summed E-state index contributed by atoms with van der Waals surface area (Å²) in [6.45, 7) is 1.94. The number of benzene rings is 1. The van der Waals surface area contributed by atoms with E-state index in [0.717, 1.165) is 6.42 Å². The number of nitro benzene ring substituents is 1. The maximum absolute atomic E-state index is 12.1. The number of carboxylic acid groups (broad SMARTS) is 1. The number of fused-ring (bicyclic) bond motifs is 1. The number of aromatic amines is 1. The lowest BCUT2D eigenvalue weighted by atomic mass is 10.1. The van der Waals surface area contributed by atoms with Crippen LogP contribution in [-0.4, -0.2) is 32.9 Å². The molecule has 1 aromatic heterocycles. The van der Waals surface area contributed by atoms with Crippen molar-refractivity contribution in [2.24, 2.45) is 0 Å². The Morgan fingerprint density at radius 3 is 2.79 bits per heavy atom. The maximum atomic E-state index is 12.1. The van der Waals surface area contributed by atoms with E-state index >= 15 is 0 Å². The Morgan fingerprint density at radius 1 is 1.42 bits per heavy atom. The number of nitrogens with one attached hydrogen (secondary N) is 2. The normalized spacial score (nSPS) is 12.0. The molecule has 1 unspecified atom stereocenters. The summed E-state index contributed by atoms with van der Waals surface area (Å²) in [6, 6.07) is 3.45. The van der Waals surface area contributed by atoms with Gasteiger partial charge >= 0.3 is 5.97 Å². The van der Waals surface area contributed by atoms with Crippen molar-refractivity contribution in [3.8, 4) is 0 Å². The predicted octanol–water partition coefficient (Wildman–Crippen LogP) is 2.38. The summed E-state index contributed by atoms with van der Waals surface area (Å²) in [4.78, 5) is 36.6. The van der Waals surface area contributed by atoms with Gasteiger partial charge in [-0.2, -0.15) is 0 Å². The Bertz CT molecular complexity index is 768. The third-order valence-electron chi connectivity index (χ3n) is 3.79. The summed E-state index contributed by atoms with van der Waals surface area (Å²) in [6.07, 6.45) is 3.48. The molecule has 0 bridgehead atoms. The van der Waals surface area contributed by atoms with Gasteiger partial charge in [-0.3, -0.25) is 14.9 Å².